The van der Waals surface area contributed by atoms with Crippen LogP contribution in [0.5, 0.6) is 0 Å². The maximum atomic E-state index is 9.89. The Kier molecular flexibility index (Phi) is 2.80. The van der Waals surface area contributed by atoms with E-state index in [0.29, 0.717) is 6.04 Å². The quantitative estimate of drug-likeness (QED) is 0.766. The highest BCUT2D eigenvalue weighted by Gasteiger charge is 2.25. The van der Waals surface area contributed by atoms with Crippen LogP contribution in [-0.4, -0.2) is 21.2 Å². The Balaban J connectivity index is 2.49. The number of imidazole rings is 1. The Bertz CT molecular complexity index is 359. The zero-order valence-corrected chi connectivity index (χ0v) is 9.40. The molecule has 0 amide bonds. The molecule has 2 atom stereocenters. The van der Waals surface area contributed by atoms with Gasteiger partial charge in [-0.15, -0.1) is 0 Å². The molecule has 1 aliphatic rings. The number of aromatic nitrogens is 2. The van der Waals surface area contributed by atoms with Gasteiger partial charge >= 0.3 is 0 Å². The van der Waals surface area contributed by atoms with Crippen molar-refractivity contribution in [3.63, 3.8) is 0 Å². The third-order valence-electron chi connectivity index (χ3n) is 3.21. The molecule has 0 fully saturated rings. The minimum absolute atomic E-state index is 0.263. The zero-order valence-electron chi connectivity index (χ0n) is 9.40. The van der Waals surface area contributed by atoms with Crippen LogP contribution in [0.15, 0.2) is 0 Å². The highest BCUT2D eigenvalue weighted by molar-refractivity contribution is 5.21. The molecule has 15 heavy (non-hydrogen) atoms. The summed E-state index contributed by atoms with van der Waals surface area (Å²) in [4.78, 5) is 4.52. The van der Waals surface area contributed by atoms with Crippen LogP contribution in [0.2, 0.25) is 0 Å². The lowest BCUT2D eigenvalue weighted by molar-refractivity contribution is 0.171. The Morgan fingerprint density at radius 2 is 2.40 bits per heavy atom. The van der Waals surface area contributed by atoms with Gasteiger partial charge < -0.3 is 15.4 Å². The van der Waals surface area contributed by atoms with Gasteiger partial charge in [0.25, 0.3) is 0 Å². The molecule has 0 aliphatic carbocycles. The minimum Gasteiger partial charge on any atom is -0.385 e. The molecule has 3 N–H and O–H groups in total. The lowest BCUT2D eigenvalue weighted by atomic mass is 10.0. The summed E-state index contributed by atoms with van der Waals surface area (Å²) in [6.45, 7) is 4.39. The van der Waals surface area contributed by atoms with E-state index in [1.54, 1.807) is 0 Å². The first-order valence-electron chi connectivity index (χ1n) is 5.61. The van der Waals surface area contributed by atoms with Crippen molar-refractivity contribution < 1.29 is 5.11 Å². The van der Waals surface area contributed by atoms with E-state index in [-0.39, 0.29) is 6.54 Å². The third-order valence-corrected chi connectivity index (χ3v) is 3.21. The molecular formula is C11H19N3O. The fraction of sp³-hybridized carbons (Fsp3) is 0.727. The summed E-state index contributed by atoms with van der Waals surface area (Å²) < 4.78 is 2.18. The van der Waals surface area contributed by atoms with Crippen LogP contribution in [0, 0.1) is 6.92 Å². The molecule has 1 aromatic heterocycles. The van der Waals surface area contributed by atoms with Crippen molar-refractivity contribution in [1.29, 1.82) is 0 Å². The van der Waals surface area contributed by atoms with Crippen molar-refractivity contribution >= 4 is 0 Å². The topological polar surface area (TPSA) is 64.1 Å². The summed E-state index contributed by atoms with van der Waals surface area (Å²) in [7, 11) is 0. The number of aliphatic hydroxyl groups excluding tert-OH is 1. The van der Waals surface area contributed by atoms with Crippen molar-refractivity contribution in [3.8, 4) is 0 Å². The smallest absolute Gasteiger partial charge is 0.109 e. The van der Waals surface area contributed by atoms with Crippen molar-refractivity contribution in [1.82, 2.24) is 9.55 Å². The standard InChI is InChI=1S/C11H19N3O/c1-7-4-3-5-10-13-8(2)11(14(7)10)9(15)6-12/h7,9,15H,3-6,12H2,1-2H3. The van der Waals surface area contributed by atoms with Crippen LogP contribution in [0.3, 0.4) is 0 Å². The first kappa shape index (κ1) is 10.6. The summed E-state index contributed by atoms with van der Waals surface area (Å²) in [5.74, 6) is 1.11. The molecule has 0 aromatic carbocycles. The third kappa shape index (κ3) is 1.68. The average Bonchev–Trinajstić information content (AvgIpc) is 2.55. The molecule has 0 spiro atoms. The van der Waals surface area contributed by atoms with E-state index in [9.17, 15) is 5.11 Å². The van der Waals surface area contributed by atoms with Gasteiger partial charge in [0.1, 0.15) is 11.9 Å². The van der Waals surface area contributed by atoms with Crippen LogP contribution in [0.25, 0.3) is 0 Å². The number of nitrogens with two attached hydrogens (primary N) is 1. The lowest BCUT2D eigenvalue weighted by Crippen LogP contribution is -2.22. The summed E-state index contributed by atoms with van der Waals surface area (Å²) in [5.41, 5.74) is 7.36. The maximum Gasteiger partial charge on any atom is 0.109 e. The normalized spacial score (nSPS) is 22.5. The van der Waals surface area contributed by atoms with E-state index in [1.165, 1.54) is 6.42 Å². The van der Waals surface area contributed by atoms with Crippen LogP contribution in [0.4, 0.5) is 0 Å². The molecule has 0 radical (unpaired) electrons. The minimum atomic E-state index is -0.577. The molecule has 0 saturated carbocycles. The highest BCUT2D eigenvalue weighted by atomic mass is 16.3. The Labute approximate surface area is 90.1 Å². The number of nitrogens with zero attached hydrogens (tertiary/aromatic N) is 2. The molecule has 4 heteroatoms. The van der Waals surface area contributed by atoms with Crippen molar-refractivity contribution in [2.24, 2.45) is 5.73 Å². The van der Waals surface area contributed by atoms with E-state index in [0.717, 1.165) is 30.1 Å². The van der Waals surface area contributed by atoms with Gasteiger partial charge in [0.05, 0.1) is 11.4 Å². The van der Waals surface area contributed by atoms with Crippen LogP contribution >= 0.6 is 0 Å². The molecule has 2 unspecified atom stereocenters. The predicted molar refractivity (Wildman–Crippen MR) is 58.6 cm³/mol. The maximum absolute atomic E-state index is 9.89. The molecule has 0 bridgehead atoms. The summed E-state index contributed by atoms with van der Waals surface area (Å²) in [6, 6.07) is 0.436. The van der Waals surface area contributed by atoms with Gasteiger partial charge in [-0.2, -0.15) is 0 Å². The van der Waals surface area contributed by atoms with E-state index in [2.05, 4.69) is 16.5 Å². The van der Waals surface area contributed by atoms with Crippen LogP contribution in [0.1, 0.15) is 49.1 Å². The highest BCUT2D eigenvalue weighted by Crippen LogP contribution is 2.30. The van der Waals surface area contributed by atoms with E-state index in [1.807, 2.05) is 6.92 Å². The lowest BCUT2D eigenvalue weighted by Gasteiger charge is -2.25. The van der Waals surface area contributed by atoms with E-state index < -0.39 is 6.10 Å². The summed E-state index contributed by atoms with van der Waals surface area (Å²) in [6.07, 6.45) is 2.79. The van der Waals surface area contributed by atoms with Gasteiger partial charge in [0.2, 0.25) is 0 Å². The molecule has 2 heterocycles. The van der Waals surface area contributed by atoms with Gasteiger partial charge in [-0.1, -0.05) is 0 Å². The number of rotatable bonds is 2. The van der Waals surface area contributed by atoms with Crippen molar-refractivity contribution in [3.05, 3.63) is 17.2 Å². The Morgan fingerprint density at radius 1 is 1.67 bits per heavy atom. The van der Waals surface area contributed by atoms with Gasteiger partial charge in [-0.3, -0.25) is 0 Å². The fourth-order valence-corrected chi connectivity index (χ4v) is 2.48. The Morgan fingerprint density at radius 3 is 3.07 bits per heavy atom. The van der Waals surface area contributed by atoms with Crippen LogP contribution in [-0.2, 0) is 6.42 Å². The molecule has 1 aromatic rings. The molecule has 4 nitrogen and oxygen atoms in total. The second-order valence-corrected chi connectivity index (χ2v) is 4.36. The summed E-state index contributed by atoms with van der Waals surface area (Å²) >= 11 is 0. The molecule has 84 valence electrons. The molecular weight excluding hydrogens is 190 g/mol. The predicted octanol–water partition coefficient (Wildman–Crippen LogP) is 1.08. The van der Waals surface area contributed by atoms with E-state index in [4.69, 9.17) is 5.73 Å². The number of aryl methyl sites for hydroxylation is 2. The Hall–Kier alpha value is -0.870. The molecule has 2 rings (SSSR count). The van der Waals surface area contributed by atoms with Crippen LogP contribution < -0.4 is 5.73 Å². The molecule has 1 aliphatic heterocycles. The first-order chi connectivity index (χ1) is 7.15. The van der Waals surface area contributed by atoms with Gasteiger partial charge in [-0.05, 0) is 26.7 Å². The summed E-state index contributed by atoms with van der Waals surface area (Å²) in [5, 5.41) is 9.89. The van der Waals surface area contributed by atoms with Gasteiger partial charge in [0.15, 0.2) is 0 Å². The zero-order chi connectivity index (χ0) is 11.0. The van der Waals surface area contributed by atoms with Crippen molar-refractivity contribution in [2.75, 3.05) is 6.54 Å². The van der Waals surface area contributed by atoms with E-state index >= 15 is 0 Å². The number of fused-ring (bicyclic) bond motifs is 1. The first-order valence-corrected chi connectivity index (χ1v) is 5.61. The number of hydrogen-bond acceptors (Lipinski definition) is 3. The molecule has 0 saturated heterocycles. The van der Waals surface area contributed by atoms with Gasteiger partial charge in [-0.25, -0.2) is 4.98 Å². The van der Waals surface area contributed by atoms with Gasteiger partial charge in [0, 0.05) is 19.0 Å². The second kappa shape index (κ2) is 3.94. The fourth-order valence-electron chi connectivity index (χ4n) is 2.48. The average molecular weight is 209 g/mol. The second-order valence-electron chi connectivity index (χ2n) is 4.36. The number of hydrogen-bond donors (Lipinski definition) is 2. The van der Waals surface area contributed by atoms with Crippen molar-refractivity contribution in [2.45, 2.75) is 45.3 Å². The number of aliphatic hydroxyl groups is 1. The SMILES string of the molecule is Cc1nc2n(c1C(O)CN)C(C)CCC2. The monoisotopic (exact) mass is 209 g/mol. The largest absolute Gasteiger partial charge is 0.385 e.